The topological polar surface area (TPSA) is 38.7 Å². The van der Waals surface area contributed by atoms with Gasteiger partial charge in [0, 0.05) is 43.6 Å². The fourth-order valence-electron chi connectivity index (χ4n) is 5.10. The van der Waals surface area contributed by atoms with Gasteiger partial charge in [0.2, 0.25) is 0 Å². The molecule has 1 radical (unpaired) electrons. The molecule has 0 saturated carbocycles. The number of benzene rings is 4. The van der Waals surface area contributed by atoms with Crippen LogP contribution in [0.2, 0.25) is 0 Å². The van der Waals surface area contributed by atoms with E-state index in [9.17, 15) is 0 Å². The van der Waals surface area contributed by atoms with E-state index in [0.717, 1.165) is 48.9 Å². The Hall–Kier alpha value is -4.28. The zero-order chi connectivity index (χ0) is 31.2. The summed E-state index contributed by atoms with van der Waals surface area (Å²) in [6.07, 6.45) is 3.69. The summed E-state index contributed by atoms with van der Waals surface area (Å²) in [6.45, 7) is 8.87. The van der Waals surface area contributed by atoms with Crippen molar-refractivity contribution in [3.05, 3.63) is 151 Å². The monoisotopic (exact) mass is 794 g/mol. The smallest absolute Gasteiger partial charge is 0.112 e. The van der Waals surface area contributed by atoms with Crippen molar-refractivity contribution in [1.29, 1.82) is 0 Å². The number of pyridine rings is 2. The third-order valence-corrected chi connectivity index (χ3v) is 8.72. The molecule has 3 aromatic heterocycles. The number of thiazole rings is 1. The number of nitrogens with zero attached hydrogens (tertiary/aromatic N) is 3. The van der Waals surface area contributed by atoms with Crippen LogP contribution in [0.1, 0.15) is 50.7 Å². The van der Waals surface area contributed by atoms with Gasteiger partial charge >= 0.3 is 0 Å². The van der Waals surface area contributed by atoms with Gasteiger partial charge in [-0.3, -0.25) is 4.98 Å². The molecule has 4 aromatic carbocycles. The number of rotatable bonds is 6. The minimum absolute atomic E-state index is 0. The van der Waals surface area contributed by atoms with Crippen LogP contribution in [-0.4, -0.2) is 15.0 Å². The molecule has 7 aromatic rings. The Labute approximate surface area is 289 Å². The van der Waals surface area contributed by atoms with Crippen LogP contribution in [0.25, 0.3) is 54.4 Å². The van der Waals surface area contributed by atoms with E-state index in [1.54, 1.807) is 17.5 Å². The Balaban J connectivity index is 0.000000269. The SMILES string of the molecule is CC(C)c1ccc(-c2cc(-c3cc(C(C)C)ccn3)[c-]c3sc(-c4ccccc4)nc23)cc1.[Ir].[c-]1ccccc1-c1ccccn1. The Kier molecular flexibility index (Phi) is 11.0. The van der Waals surface area contributed by atoms with E-state index in [0.29, 0.717) is 11.8 Å². The summed E-state index contributed by atoms with van der Waals surface area (Å²) in [7, 11) is 0. The molecule has 0 aliphatic heterocycles. The summed E-state index contributed by atoms with van der Waals surface area (Å²) in [6, 6.07) is 46.2. The maximum Gasteiger partial charge on any atom is 0.112 e. The molecule has 0 aliphatic rings. The van der Waals surface area contributed by atoms with Crippen LogP contribution in [0.3, 0.4) is 0 Å². The zero-order valence-corrected chi connectivity index (χ0v) is 29.6. The zero-order valence-electron chi connectivity index (χ0n) is 26.4. The molecule has 3 nitrogen and oxygen atoms in total. The minimum Gasteiger partial charge on any atom is -0.305 e. The molecule has 0 N–H and O–H groups in total. The van der Waals surface area contributed by atoms with Gasteiger partial charge in [-0.25, -0.2) is 0 Å². The van der Waals surface area contributed by atoms with Crippen molar-refractivity contribution in [3.63, 3.8) is 0 Å². The summed E-state index contributed by atoms with van der Waals surface area (Å²) in [5, 5.41) is 1.02. The maximum absolute atomic E-state index is 5.06. The van der Waals surface area contributed by atoms with Crippen molar-refractivity contribution in [2.45, 2.75) is 39.5 Å². The Morgan fingerprint density at radius 3 is 2.00 bits per heavy atom. The number of hydrogen-bond donors (Lipinski definition) is 0. The predicted molar refractivity (Wildman–Crippen MR) is 189 cm³/mol. The van der Waals surface area contributed by atoms with Gasteiger partial charge < -0.3 is 9.97 Å². The van der Waals surface area contributed by atoms with Gasteiger partial charge in [-0.15, -0.1) is 64.9 Å². The van der Waals surface area contributed by atoms with Crippen LogP contribution < -0.4 is 0 Å². The molecule has 0 saturated heterocycles. The number of fused-ring (bicyclic) bond motifs is 1. The number of aromatic nitrogens is 3. The molecule has 0 fully saturated rings. The van der Waals surface area contributed by atoms with Gasteiger partial charge in [-0.05, 0) is 51.2 Å². The predicted octanol–water partition coefficient (Wildman–Crippen LogP) is 11.3. The summed E-state index contributed by atoms with van der Waals surface area (Å²) in [4.78, 5) is 14.0. The van der Waals surface area contributed by atoms with Crippen molar-refractivity contribution in [2.75, 3.05) is 0 Å². The molecule has 0 atom stereocenters. The fourth-order valence-corrected chi connectivity index (χ4v) is 6.09. The largest absolute Gasteiger partial charge is 0.305 e. The van der Waals surface area contributed by atoms with Crippen molar-refractivity contribution in [3.8, 4) is 44.2 Å². The van der Waals surface area contributed by atoms with Gasteiger partial charge in [0.25, 0.3) is 0 Å². The molecule has 231 valence electrons. The van der Waals surface area contributed by atoms with Crippen molar-refractivity contribution >= 4 is 21.6 Å². The Morgan fingerprint density at radius 2 is 1.33 bits per heavy atom. The van der Waals surface area contributed by atoms with Gasteiger partial charge in [-0.2, -0.15) is 0 Å². The third-order valence-electron chi connectivity index (χ3n) is 7.70. The second-order valence-corrected chi connectivity index (χ2v) is 12.6. The van der Waals surface area contributed by atoms with Crippen LogP contribution in [0.15, 0.2) is 128 Å². The molecule has 0 amide bonds. The van der Waals surface area contributed by atoms with Crippen LogP contribution >= 0.6 is 11.3 Å². The van der Waals surface area contributed by atoms with E-state index in [-0.39, 0.29) is 20.1 Å². The van der Waals surface area contributed by atoms with E-state index in [2.05, 4.69) is 117 Å². The normalized spacial score (nSPS) is 10.8. The molecule has 0 spiro atoms. The molecule has 5 heteroatoms. The quantitative estimate of drug-likeness (QED) is 0.157. The molecule has 46 heavy (non-hydrogen) atoms. The molecule has 0 unspecified atom stereocenters. The molecular formula is C41H35IrN3S-2. The standard InChI is InChI=1S/C30H27N2S.C11H8N.Ir/c1-19(2)21-10-12-22(13-11-21)26-16-25(27-17-24(20(3)4)14-15-31-27)18-28-29(26)32-30(33-28)23-8-6-5-7-9-23;1-2-6-10(7-3-1)11-8-4-5-9-12-11;/h5-17,19-20H,1-4H3;1-6,8-9H;/q2*-1;. The van der Waals surface area contributed by atoms with E-state index in [1.807, 2.05) is 54.7 Å². The molecule has 0 aliphatic carbocycles. The van der Waals surface area contributed by atoms with Crippen molar-refractivity contribution in [2.24, 2.45) is 0 Å². The first-order valence-corrected chi connectivity index (χ1v) is 16.1. The number of hydrogen-bond acceptors (Lipinski definition) is 4. The first-order chi connectivity index (χ1) is 22.0. The Bertz CT molecular complexity index is 1950. The van der Waals surface area contributed by atoms with Gasteiger partial charge in [0.05, 0.1) is 0 Å². The third kappa shape index (κ3) is 7.74. The average Bonchev–Trinajstić information content (AvgIpc) is 3.54. The summed E-state index contributed by atoms with van der Waals surface area (Å²) in [5.74, 6) is 0.956. The van der Waals surface area contributed by atoms with E-state index in [1.165, 1.54) is 16.7 Å². The summed E-state index contributed by atoms with van der Waals surface area (Å²) in [5.41, 5.74) is 11.0. The minimum atomic E-state index is 0. The molecule has 0 bridgehead atoms. The second-order valence-electron chi connectivity index (χ2n) is 11.6. The van der Waals surface area contributed by atoms with Crippen LogP contribution in [-0.2, 0) is 20.1 Å². The second kappa shape index (κ2) is 15.3. The van der Waals surface area contributed by atoms with Crippen LogP contribution in [0.5, 0.6) is 0 Å². The van der Waals surface area contributed by atoms with Gasteiger partial charge in [0.15, 0.2) is 0 Å². The van der Waals surface area contributed by atoms with E-state index in [4.69, 9.17) is 4.98 Å². The van der Waals surface area contributed by atoms with Crippen molar-refractivity contribution < 1.29 is 20.1 Å². The van der Waals surface area contributed by atoms with Crippen LogP contribution in [0, 0.1) is 12.1 Å². The molecular weight excluding hydrogens is 759 g/mol. The molecule has 3 heterocycles. The van der Waals surface area contributed by atoms with Gasteiger partial charge in [-0.1, -0.05) is 112 Å². The van der Waals surface area contributed by atoms with E-state index >= 15 is 0 Å². The summed E-state index contributed by atoms with van der Waals surface area (Å²) >= 11 is 1.69. The van der Waals surface area contributed by atoms with Crippen LogP contribution in [0.4, 0.5) is 0 Å². The maximum atomic E-state index is 5.06. The summed E-state index contributed by atoms with van der Waals surface area (Å²) < 4.78 is 1.06. The van der Waals surface area contributed by atoms with Crippen molar-refractivity contribution in [1.82, 2.24) is 15.0 Å². The Morgan fingerprint density at radius 1 is 0.609 bits per heavy atom. The average molecular weight is 794 g/mol. The van der Waals surface area contributed by atoms with E-state index < -0.39 is 0 Å². The first kappa shape index (κ1) is 33.1. The first-order valence-electron chi connectivity index (χ1n) is 15.3. The molecule has 7 rings (SSSR count). The fraction of sp³-hybridized carbons (Fsp3) is 0.146. The van der Waals surface area contributed by atoms with Gasteiger partial charge in [0.1, 0.15) is 5.01 Å².